The van der Waals surface area contributed by atoms with E-state index in [-0.39, 0.29) is 0 Å². The Morgan fingerprint density at radius 2 is 2.31 bits per heavy atom. The lowest BCUT2D eigenvalue weighted by Gasteiger charge is -2.30. The van der Waals surface area contributed by atoms with Crippen molar-refractivity contribution in [1.29, 1.82) is 0 Å². The van der Waals surface area contributed by atoms with Crippen LogP contribution in [0.1, 0.15) is 18.0 Å². The summed E-state index contributed by atoms with van der Waals surface area (Å²) < 4.78 is 5.60. The lowest BCUT2D eigenvalue weighted by atomic mass is 10.0. The van der Waals surface area contributed by atoms with Gasteiger partial charge in [0.25, 0.3) is 0 Å². The average molecular weight is 176 g/mol. The molecular weight excluding hydrogens is 164 g/mol. The van der Waals surface area contributed by atoms with Crippen LogP contribution in [0, 0.1) is 0 Å². The molecule has 1 unspecified atom stereocenters. The summed E-state index contributed by atoms with van der Waals surface area (Å²) in [5, 5.41) is 2.17. The first-order chi connectivity index (χ1) is 6.45. The van der Waals surface area contributed by atoms with Gasteiger partial charge in [-0.3, -0.25) is 5.43 Å². The predicted molar refractivity (Wildman–Crippen MR) is 49.1 cm³/mol. The zero-order valence-corrected chi connectivity index (χ0v) is 7.36. The third-order valence-electron chi connectivity index (χ3n) is 2.75. The molecule has 1 aromatic carbocycles. The van der Waals surface area contributed by atoms with Crippen LogP contribution in [0.15, 0.2) is 24.3 Å². The quantitative estimate of drug-likeness (QED) is 0.644. The number of hydrogen-bond donors (Lipinski definition) is 1. The predicted octanol–water partition coefficient (Wildman–Crippen LogP) is 1.29. The summed E-state index contributed by atoms with van der Waals surface area (Å²) in [6.07, 6.45) is 1.18. The van der Waals surface area contributed by atoms with Crippen molar-refractivity contribution in [2.45, 2.75) is 12.5 Å². The minimum atomic E-state index is 0.518. The van der Waals surface area contributed by atoms with Crippen molar-refractivity contribution >= 4 is 0 Å². The molecule has 13 heavy (non-hydrogen) atoms. The van der Waals surface area contributed by atoms with Gasteiger partial charge in [-0.1, -0.05) is 18.2 Å². The molecule has 1 saturated heterocycles. The van der Waals surface area contributed by atoms with Crippen LogP contribution in [-0.2, 0) is 0 Å². The van der Waals surface area contributed by atoms with Gasteiger partial charge in [0.05, 0.1) is 6.04 Å². The number of hydrogen-bond acceptors (Lipinski definition) is 3. The van der Waals surface area contributed by atoms with E-state index in [4.69, 9.17) is 4.74 Å². The molecule has 0 amide bonds. The van der Waals surface area contributed by atoms with Gasteiger partial charge in [-0.2, -0.15) is 0 Å². The number of nitrogens with zero attached hydrogens (tertiary/aromatic N) is 1. The first-order valence-corrected chi connectivity index (χ1v) is 4.67. The number of benzene rings is 1. The standard InChI is InChI=1S/C10H12N2O/c1-2-4-10-8(3-1)9-5-6-11-12(9)7-13-10/h1-4,9,11H,5-7H2. The van der Waals surface area contributed by atoms with Crippen LogP contribution in [0.5, 0.6) is 5.75 Å². The van der Waals surface area contributed by atoms with Crippen LogP contribution in [0.2, 0.25) is 0 Å². The van der Waals surface area contributed by atoms with Crippen LogP contribution in [0.25, 0.3) is 0 Å². The highest BCUT2D eigenvalue weighted by molar-refractivity contribution is 5.37. The van der Waals surface area contributed by atoms with Crippen LogP contribution in [0.4, 0.5) is 0 Å². The van der Waals surface area contributed by atoms with Crippen molar-refractivity contribution in [3.8, 4) is 5.75 Å². The molecule has 3 heteroatoms. The topological polar surface area (TPSA) is 24.5 Å². The Kier molecular flexibility index (Phi) is 1.54. The van der Waals surface area contributed by atoms with E-state index in [1.807, 2.05) is 12.1 Å². The van der Waals surface area contributed by atoms with Crippen molar-refractivity contribution < 1.29 is 4.74 Å². The summed E-state index contributed by atoms with van der Waals surface area (Å²) >= 11 is 0. The first-order valence-electron chi connectivity index (χ1n) is 4.67. The molecule has 0 bridgehead atoms. The molecule has 1 atom stereocenters. The molecule has 68 valence electrons. The zero-order valence-electron chi connectivity index (χ0n) is 7.36. The maximum Gasteiger partial charge on any atom is 0.154 e. The molecule has 3 nitrogen and oxygen atoms in total. The van der Waals surface area contributed by atoms with Gasteiger partial charge in [0.2, 0.25) is 0 Å². The number of rotatable bonds is 0. The summed E-state index contributed by atoms with van der Waals surface area (Å²) in [5.41, 5.74) is 4.63. The normalized spacial score (nSPS) is 26.3. The van der Waals surface area contributed by atoms with E-state index < -0.39 is 0 Å². The second-order valence-electron chi connectivity index (χ2n) is 3.49. The number of para-hydroxylation sites is 1. The highest BCUT2D eigenvalue weighted by atomic mass is 16.5. The maximum atomic E-state index is 5.60. The van der Waals surface area contributed by atoms with Crippen LogP contribution in [0.3, 0.4) is 0 Å². The fourth-order valence-corrected chi connectivity index (χ4v) is 2.10. The van der Waals surface area contributed by atoms with Crippen molar-refractivity contribution in [2.75, 3.05) is 13.3 Å². The molecular formula is C10H12N2O. The Bertz CT molecular complexity index is 326. The number of nitrogens with one attached hydrogen (secondary N) is 1. The summed E-state index contributed by atoms with van der Waals surface area (Å²) in [7, 11) is 0. The third-order valence-corrected chi connectivity index (χ3v) is 2.75. The lowest BCUT2D eigenvalue weighted by Crippen LogP contribution is -2.39. The van der Waals surface area contributed by atoms with Crippen molar-refractivity contribution in [2.24, 2.45) is 0 Å². The van der Waals surface area contributed by atoms with Crippen LogP contribution in [-0.4, -0.2) is 18.3 Å². The van der Waals surface area contributed by atoms with Crippen molar-refractivity contribution in [3.63, 3.8) is 0 Å². The monoisotopic (exact) mass is 176 g/mol. The fraction of sp³-hybridized carbons (Fsp3) is 0.400. The minimum Gasteiger partial charge on any atom is -0.477 e. The van der Waals surface area contributed by atoms with Crippen molar-refractivity contribution in [3.05, 3.63) is 29.8 Å². The molecule has 0 aromatic heterocycles. The first kappa shape index (κ1) is 7.35. The molecule has 0 radical (unpaired) electrons. The number of ether oxygens (including phenoxy) is 1. The van der Waals surface area contributed by atoms with E-state index in [1.165, 1.54) is 12.0 Å². The van der Waals surface area contributed by atoms with Gasteiger partial charge in [0.1, 0.15) is 5.75 Å². The van der Waals surface area contributed by atoms with Gasteiger partial charge < -0.3 is 4.74 Å². The SMILES string of the molecule is c1ccc2c(c1)OCN1NCCC21. The minimum absolute atomic E-state index is 0.518. The summed E-state index contributed by atoms with van der Waals surface area (Å²) in [6, 6.07) is 8.82. The Labute approximate surface area is 77.3 Å². The van der Waals surface area contributed by atoms with E-state index >= 15 is 0 Å². The largest absolute Gasteiger partial charge is 0.477 e. The molecule has 0 spiro atoms. The van der Waals surface area contributed by atoms with Crippen molar-refractivity contribution in [1.82, 2.24) is 10.4 Å². The Morgan fingerprint density at radius 3 is 3.31 bits per heavy atom. The molecule has 2 aliphatic rings. The molecule has 0 saturated carbocycles. The zero-order chi connectivity index (χ0) is 8.67. The average Bonchev–Trinajstić information content (AvgIpc) is 2.65. The Morgan fingerprint density at radius 1 is 1.38 bits per heavy atom. The molecule has 1 aromatic rings. The highest BCUT2D eigenvalue weighted by Gasteiger charge is 2.31. The number of fused-ring (bicyclic) bond motifs is 3. The van der Waals surface area contributed by atoms with Crippen LogP contribution < -0.4 is 10.2 Å². The molecule has 2 heterocycles. The molecule has 1 N–H and O–H groups in total. The Hall–Kier alpha value is -1.06. The third kappa shape index (κ3) is 1.04. The van der Waals surface area contributed by atoms with Gasteiger partial charge in [0, 0.05) is 12.1 Å². The lowest BCUT2D eigenvalue weighted by molar-refractivity contribution is 0.0495. The molecule has 0 aliphatic carbocycles. The summed E-state index contributed by atoms with van der Waals surface area (Å²) in [4.78, 5) is 0. The second-order valence-corrected chi connectivity index (χ2v) is 3.49. The van der Waals surface area contributed by atoms with Gasteiger partial charge in [-0.05, 0) is 12.5 Å². The number of hydrazine groups is 1. The maximum absolute atomic E-state index is 5.60. The van der Waals surface area contributed by atoms with E-state index in [0.29, 0.717) is 12.8 Å². The van der Waals surface area contributed by atoms with E-state index in [2.05, 4.69) is 22.6 Å². The summed E-state index contributed by atoms with van der Waals surface area (Å²) in [6.45, 7) is 1.73. The van der Waals surface area contributed by atoms with Gasteiger partial charge >= 0.3 is 0 Å². The molecule has 3 rings (SSSR count). The molecule has 2 aliphatic heterocycles. The smallest absolute Gasteiger partial charge is 0.154 e. The fourth-order valence-electron chi connectivity index (χ4n) is 2.10. The highest BCUT2D eigenvalue weighted by Crippen LogP contribution is 2.36. The van der Waals surface area contributed by atoms with E-state index in [1.54, 1.807) is 0 Å². The van der Waals surface area contributed by atoms with Crippen LogP contribution >= 0.6 is 0 Å². The Balaban J connectivity index is 2.06. The van der Waals surface area contributed by atoms with Gasteiger partial charge in [0.15, 0.2) is 6.73 Å². The summed E-state index contributed by atoms with van der Waals surface area (Å²) in [5.74, 6) is 1.05. The van der Waals surface area contributed by atoms with E-state index in [9.17, 15) is 0 Å². The molecule has 1 fully saturated rings. The van der Waals surface area contributed by atoms with Gasteiger partial charge in [-0.25, -0.2) is 5.01 Å². The van der Waals surface area contributed by atoms with E-state index in [0.717, 1.165) is 12.3 Å². The van der Waals surface area contributed by atoms with Gasteiger partial charge in [-0.15, -0.1) is 0 Å². The second kappa shape index (κ2) is 2.72.